The molecule has 1 aromatic heterocycles. The Morgan fingerprint density at radius 3 is 2.38 bits per heavy atom. The molecule has 0 amide bonds. The van der Waals surface area contributed by atoms with Crippen LogP contribution in [0.3, 0.4) is 0 Å². The maximum absolute atomic E-state index is 5.81. The molecule has 0 aliphatic rings. The SMILES string of the molecule is Cc1ccc(OCc2cc(CNC(C)(C)C)oc2C)cc1. The highest BCUT2D eigenvalue weighted by atomic mass is 16.5. The first-order valence-electron chi connectivity index (χ1n) is 7.36. The largest absolute Gasteiger partial charge is 0.489 e. The fourth-order valence-electron chi connectivity index (χ4n) is 1.97. The van der Waals surface area contributed by atoms with E-state index >= 15 is 0 Å². The molecule has 0 spiro atoms. The molecule has 3 heteroatoms. The number of aryl methyl sites for hydroxylation is 2. The molecule has 0 aliphatic heterocycles. The highest BCUT2D eigenvalue weighted by Gasteiger charge is 2.12. The lowest BCUT2D eigenvalue weighted by molar-refractivity contribution is 0.302. The van der Waals surface area contributed by atoms with Crippen LogP contribution in [-0.2, 0) is 13.2 Å². The van der Waals surface area contributed by atoms with Gasteiger partial charge in [0.25, 0.3) is 0 Å². The molecule has 0 fully saturated rings. The average molecular weight is 287 g/mol. The van der Waals surface area contributed by atoms with Crippen molar-refractivity contribution >= 4 is 0 Å². The smallest absolute Gasteiger partial charge is 0.119 e. The van der Waals surface area contributed by atoms with E-state index in [-0.39, 0.29) is 5.54 Å². The van der Waals surface area contributed by atoms with E-state index in [0.29, 0.717) is 6.61 Å². The van der Waals surface area contributed by atoms with Crippen molar-refractivity contribution in [3.63, 3.8) is 0 Å². The van der Waals surface area contributed by atoms with Crippen molar-refractivity contribution in [1.29, 1.82) is 0 Å². The van der Waals surface area contributed by atoms with Crippen LogP contribution < -0.4 is 10.1 Å². The van der Waals surface area contributed by atoms with E-state index in [2.05, 4.69) is 51.2 Å². The maximum atomic E-state index is 5.81. The van der Waals surface area contributed by atoms with Crippen LogP contribution in [0.15, 0.2) is 34.7 Å². The van der Waals surface area contributed by atoms with Gasteiger partial charge in [-0.05, 0) is 52.8 Å². The van der Waals surface area contributed by atoms with Gasteiger partial charge in [-0.25, -0.2) is 0 Å². The van der Waals surface area contributed by atoms with Crippen LogP contribution in [0.1, 0.15) is 43.4 Å². The second-order valence-electron chi connectivity index (χ2n) is 6.50. The molecular weight excluding hydrogens is 262 g/mol. The lowest BCUT2D eigenvalue weighted by atomic mass is 10.1. The molecule has 1 heterocycles. The molecule has 0 bridgehead atoms. The number of hydrogen-bond acceptors (Lipinski definition) is 3. The molecule has 2 rings (SSSR count). The van der Waals surface area contributed by atoms with Crippen LogP contribution in [0.5, 0.6) is 5.75 Å². The minimum Gasteiger partial charge on any atom is -0.489 e. The van der Waals surface area contributed by atoms with Crippen LogP contribution in [0.4, 0.5) is 0 Å². The topological polar surface area (TPSA) is 34.4 Å². The number of benzene rings is 1. The first-order valence-corrected chi connectivity index (χ1v) is 7.36. The molecule has 0 unspecified atom stereocenters. The zero-order valence-electron chi connectivity index (χ0n) is 13.6. The molecule has 1 N–H and O–H groups in total. The van der Waals surface area contributed by atoms with Crippen molar-refractivity contribution < 1.29 is 9.15 Å². The summed E-state index contributed by atoms with van der Waals surface area (Å²) in [5.74, 6) is 2.76. The summed E-state index contributed by atoms with van der Waals surface area (Å²) in [7, 11) is 0. The zero-order valence-corrected chi connectivity index (χ0v) is 13.6. The Hall–Kier alpha value is -1.74. The summed E-state index contributed by atoms with van der Waals surface area (Å²) in [6.45, 7) is 11.7. The normalized spacial score (nSPS) is 11.7. The van der Waals surface area contributed by atoms with Crippen molar-refractivity contribution in [1.82, 2.24) is 5.32 Å². The van der Waals surface area contributed by atoms with Gasteiger partial charge in [0.05, 0.1) is 6.54 Å². The molecule has 2 aromatic rings. The summed E-state index contributed by atoms with van der Waals surface area (Å²) < 4.78 is 11.6. The van der Waals surface area contributed by atoms with Crippen molar-refractivity contribution in [2.45, 2.75) is 53.3 Å². The highest BCUT2D eigenvalue weighted by Crippen LogP contribution is 2.19. The molecule has 0 saturated carbocycles. The highest BCUT2D eigenvalue weighted by molar-refractivity contribution is 5.27. The fraction of sp³-hybridized carbons (Fsp3) is 0.444. The van der Waals surface area contributed by atoms with Gasteiger partial charge in [-0.15, -0.1) is 0 Å². The van der Waals surface area contributed by atoms with E-state index in [9.17, 15) is 0 Å². The van der Waals surface area contributed by atoms with Gasteiger partial charge in [0, 0.05) is 11.1 Å². The van der Waals surface area contributed by atoms with Gasteiger partial charge in [-0.1, -0.05) is 17.7 Å². The summed E-state index contributed by atoms with van der Waals surface area (Å²) in [5, 5.41) is 3.42. The molecule has 0 aliphatic carbocycles. The van der Waals surface area contributed by atoms with Crippen LogP contribution in [0, 0.1) is 13.8 Å². The standard InChI is InChI=1S/C18H25NO2/c1-13-6-8-16(9-7-13)20-12-15-10-17(21-14(15)2)11-19-18(3,4)5/h6-10,19H,11-12H2,1-5H3. The summed E-state index contributed by atoms with van der Waals surface area (Å²) in [5.41, 5.74) is 2.41. The molecule has 3 nitrogen and oxygen atoms in total. The third kappa shape index (κ3) is 4.94. The molecule has 0 radical (unpaired) electrons. The predicted molar refractivity (Wildman–Crippen MR) is 85.5 cm³/mol. The molecule has 114 valence electrons. The third-order valence-electron chi connectivity index (χ3n) is 3.28. The van der Waals surface area contributed by atoms with Crippen LogP contribution in [0.2, 0.25) is 0 Å². The Morgan fingerprint density at radius 1 is 1.10 bits per heavy atom. The number of hydrogen-bond donors (Lipinski definition) is 1. The van der Waals surface area contributed by atoms with Gasteiger partial charge in [-0.3, -0.25) is 0 Å². The second kappa shape index (κ2) is 6.35. The van der Waals surface area contributed by atoms with Crippen molar-refractivity contribution in [3.05, 3.63) is 53.0 Å². The number of ether oxygens (including phenoxy) is 1. The fourth-order valence-corrected chi connectivity index (χ4v) is 1.97. The Morgan fingerprint density at radius 2 is 1.76 bits per heavy atom. The van der Waals surface area contributed by atoms with E-state index in [1.54, 1.807) is 0 Å². The van der Waals surface area contributed by atoms with Gasteiger partial charge in [-0.2, -0.15) is 0 Å². The van der Waals surface area contributed by atoms with E-state index in [0.717, 1.165) is 29.4 Å². The molecular formula is C18H25NO2. The zero-order chi connectivity index (χ0) is 15.5. The second-order valence-corrected chi connectivity index (χ2v) is 6.50. The van der Waals surface area contributed by atoms with Crippen molar-refractivity contribution in [3.8, 4) is 5.75 Å². The quantitative estimate of drug-likeness (QED) is 0.887. The number of nitrogens with one attached hydrogen (secondary N) is 1. The Balaban J connectivity index is 1.94. The number of rotatable bonds is 5. The lowest BCUT2D eigenvalue weighted by Gasteiger charge is -2.19. The molecule has 0 saturated heterocycles. The number of furan rings is 1. The van der Waals surface area contributed by atoms with Crippen LogP contribution in [0.25, 0.3) is 0 Å². The molecule has 0 atom stereocenters. The van der Waals surface area contributed by atoms with E-state index < -0.39 is 0 Å². The Bertz CT molecular complexity index is 576. The van der Waals surface area contributed by atoms with E-state index in [1.807, 2.05) is 19.1 Å². The van der Waals surface area contributed by atoms with Gasteiger partial charge < -0.3 is 14.5 Å². The minimum absolute atomic E-state index is 0.0826. The Labute approximate surface area is 127 Å². The summed E-state index contributed by atoms with van der Waals surface area (Å²) in [4.78, 5) is 0. The van der Waals surface area contributed by atoms with Crippen molar-refractivity contribution in [2.24, 2.45) is 0 Å². The van der Waals surface area contributed by atoms with E-state index in [1.165, 1.54) is 5.56 Å². The van der Waals surface area contributed by atoms with Gasteiger partial charge >= 0.3 is 0 Å². The van der Waals surface area contributed by atoms with Crippen LogP contribution >= 0.6 is 0 Å². The third-order valence-corrected chi connectivity index (χ3v) is 3.28. The Kier molecular flexibility index (Phi) is 4.73. The summed E-state index contributed by atoms with van der Waals surface area (Å²) in [6, 6.07) is 10.2. The average Bonchev–Trinajstić information content (AvgIpc) is 2.76. The minimum atomic E-state index is 0.0826. The van der Waals surface area contributed by atoms with E-state index in [4.69, 9.17) is 9.15 Å². The molecule has 1 aromatic carbocycles. The first kappa shape index (κ1) is 15.6. The molecule has 21 heavy (non-hydrogen) atoms. The predicted octanol–water partition coefficient (Wildman–Crippen LogP) is 4.36. The summed E-state index contributed by atoms with van der Waals surface area (Å²) in [6.07, 6.45) is 0. The van der Waals surface area contributed by atoms with Gasteiger partial charge in [0.1, 0.15) is 23.9 Å². The van der Waals surface area contributed by atoms with Crippen LogP contribution in [-0.4, -0.2) is 5.54 Å². The lowest BCUT2D eigenvalue weighted by Crippen LogP contribution is -2.34. The van der Waals surface area contributed by atoms with Gasteiger partial charge in [0.2, 0.25) is 0 Å². The first-order chi connectivity index (χ1) is 9.83. The van der Waals surface area contributed by atoms with Crippen molar-refractivity contribution in [2.75, 3.05) is 0 Å². The maximum Gasteiger partial charge on any atom is 0.119 e. The monoisotopic (exact) mass is 287 g/mol. The van der Waals surface area contributed by atoms with Gasteiger partial charge in [0.15, 0.2) is 0 Å². The summed E-state index contributed by atoms with van der Waals surface area (Å²) >= 11 is 0.